The quantitative estimate of drug-likeness (QED) is 0.705. The van der Waals surface area contributed by atoms with Crippen LogP contribution in [0.15, 0.2) is 24.3 Å². The van der Waals surface area contributed by atoms with Crippen molar-refractivity contribution in [1.29, 1.82) is 0 Å². The van der Waals surface area contributed by atoms with Gasteiger partial charge < -0.3 is 20.3 Å². The highest BCUT2D eigenvalue weighted by molar-refractivity contribution is 5.89. The van der Waals surface area contributed by atoms with Crippen molar-refractivity contribution >= 4 is 11.9 Å². The number of phenols is 1. The van der Waals surface area contributed by atoms with E-state index in [1.54, 1.807) is 26.0 Å². The Labute approximate surface area is 123 Å². The summed E-state index contributed by atoms with van der Waals surface area (Å²) in [5, 5.41) is 21.0. The van der Waals surface area contributed by atoms with E-state index in [2.05, 4.69) is 5.32 Å². The van der Waals surface area contributed by atoms with Gasteiger partial charge in [0.05, 0.1) is 0 Å². The Morgan fingerprint density at radius 2 is 1.90 bits per heavy atom. The maximum Gasteiger partial charge on any atom is 0.326 e. The van der Waals surface area contributed by atoms with Crippen LogP contribution in [0.5, 0.6) is 5.75 Å². The van der Waals surface area contributed by atoms with Gasteiger partial charge in [0, 0.05) is 13.5 Å². The lowest BCUT2D eigenvalue weighted by Crippen LogP contribution is -2.52. The van der Waals surface area contributed by atoms with Crippen LogP contribution >= 0.6 is 0 Å². The Balaban J connectivity index is 2.81. The van der Waals surface area contributed by atoms with Gasteiger partial charge in [-0.15, -0.1) is 0 Å². The number of phenolic OH excluding ortho intramolecular Hbond substituents is 1. The molecule has 0 aliphatic carbocycles. The van der Waals surface area contributed by atoms with Crippen molar-refractivity contribution in [3.8, 4) is 5.75 Å². The minimum atomic E-state index is -1.12. The average Bonchev–Trinajstić information content (AvgIpc) is 2.47. The summed E-state index contributed by atoms with van der Waals surface area (Å²) in [7, 11) is 1.42. The number of carboxylic acid groups (broad SMARTS) is 1. The number of methoxy groups -OCH3 is 1. The summed E-state index contributed by atoms with van der Waals surface area (Å²) in [4.78, 5) is 23.5. The molecule has 21 heavy (non-hydrogen) atoms. The fraction of sp³-hybridized carbons (Fsp3) is 0.467. The van der Waals surface area contributed by atoms with Crippen molar-refractivity contribution in [3.05, 3.63) is 29.8 Å². The molecule has 0 radical (unpaired) electrons. The van der Waals surface area contributed by atoms with Gasteiger partial charge in [0.1, 0.15) is 17.4 Å². The molecular formula is C15H21NO5. The molecule has 2 atom stereocenters. The average molecular weight is 295 g/mol. The molecule has 1 amide bonds. The SMILES string of the molecule is CCC(C)(OC)C(=O)N[C@@H](Cc1ccc(O)cc1)C(=O)O. The molecule has 6 heteroatoms. The summed E-state index contributed by atoms with van der Waals surface area (Å²) in [5.41, 5.74) is -0.348. The molecule has 0 aromatic heterocycles. The molecular weight excluding hydrogens is 274 g/mol. The van der Waals surface area contributed by atoms with Crippen LogP contribution in [-0.2, 0) is 20.7 Å². The van der Waals surface area contributed by atoms with Crippen LogP contribution in [0, 0.1) is 0 Å². The van der Waals surface area contributed by atoms with Gasteiger partial charge in [0.25, 0.3) is 5.91 Å². The number of rotatable bonds is 7. The first-order chi connectivity index (χ1) is 9.82. The first kappa shape index (κ1) is 17.0. The van der Waals surface area contributed by atoms with E-state index in [0.29, 0.717) is 12.0 Å². The van der Waals surface area contributed by atoms with Crippen LogP contribution in [0.2, 0.25) is 0 Å². The summed E-state index contributed by atoms with van der Waals surface area (Å²) >= 11 is 0. The lowest BCUT2D eigenvalue weighted by atomic mass is 10.00. The third-order valence-electron chi connectivity index (χ3n) is 3.59. The second kappa shape index (κ2) is 7.08. The van der Waals surface area contributed by atoms with Crippen LogP contribution < -0.4 is 5.32 Å². The van der Waals surface area contributed by atoms with Gasteiger partial charge in [-0.05, 0) is 31.0 Å². The Morgan fingerprint density at radius 1 is 1.33 bits per heavy atom. The third-order valence-corrected chi connectivity index (χ3v) is 3.59. The summed E-state index contributed by atoms with van der Waals surface area (Å²) in [6, 6.07) is 5.13. The zero-order chi connectivity index (χ0) is 16.0. The molecule has 0 aliphatic rings. The first-order valence-electron chi connectivity index (χ1n) is 6.69. The van der Waals surface area contributed by atoms with E-state index < -0.39 is 23.5 Å². The van der Waals surface area contributed by atoms with Crippen molar-refractivity contribution < 1.29 is 24.5 Å². The number of ether oxygens (including phenoxy) is 1. The topological polar surface area (TPSA) is 95.9 Å². The van der Waals surface area contributed by atoms with E-state index >= 15 is 0 Å². The molecule has 0 aliphatic heterocycles. The summed E-state index contributed by atoms with van der Waals surface area (Å²) in [6.45, 7) is 3.40. The highest BCUT2D eigenvalue weighted by atomic mass is 16.5. The van der Waals surface area contributed by atoms with Crippen molar-refractivity contribution in [1.82, 2.24) is 5.32 Å². The van der Waals surface area contributed by atoms with E-state index in [9.17, 15) is 19.8 Å². The number of amides is 1. The predicted octanol–water partition coefficient (Wildman–Crippen LogP) is 1.32. The predicted molar refractivity (Wildman–Crippen MR) is 77.1 cm³/mol. The molecule has 0 saturated heterocycles. The number of carboxylic acids is 1. The number of hydrogen-bond donors (Lipinski definition) is 3. The van der Waals surface area contributed by atoms with Crippen LogP contribution in [-0.4, -0.2) is 40.8 Å². The minimum Gasteiger partial charge on any atom is -0.508 e. The fourth-order valence-electron chi connectivity index (χ4n) is 1.78. The van der Waals surface area contributed by atoms with Crippen LogP contribution in [0.1, 0.15) is 25.8 Å². The monoisotopic (exact) mass is 295 g/mol. The fourth-order valence-corrected chi connectivity index (χ4v) is 1.78. The number of hydrogen-bond acceptors (Lipinski definition) is 4. The lowest BCUT2D eigenvalue weighted by Gasteiger charge is -2.27. The number of nitrogens with one attached hydrogen (secondary N) is 1. The maximum atomic E-state index is 12.1. The molecule has 3 N–H and O–H groups in total. The summed E-state index contributed by atoms with van der Waals surface area (Å²) < 4.78 is 5.16. The van der Waals surface area contributed by atoms with Crippen molar-refractivity contribution in [2.75, 3.05) is 7.11 Å². The van der Waals surface area contributed by atoms with Crippen LogP contribution in [0.25, 0.3) is 0 Å². The molecule has 1 unspecified atom stereocenters. The van der Waals surface area contributed by atoms with Gasteiger partial charge in [-0.2, -0.15) is 0 Å². The minimum absolute atomic E-state index is 0.104. The number of aliphatic carboxylic acids is 1. The molecule has 0 fully saturated rings. The van der Waals surface area contributed by atoms with E-state index in [1.165, 1.54) is 19.2 Å². The molecule has 0 spiro atoms. The Hall–Kier alpha value is -2.08. The van der Waals surface area contributed by atoms with Gasteiger partial charge in [-0.25, -0.2) is 4.79 Å². The van der Waals surface area contributed by atoms with E-state index in [0.717, 1.165) is 0 Å². The molecule has 0 heterocycles. The Kier molecular flexibility index (Phi) is 5.72. The van der Waals surface area contributed by atoms with Gasteiger partial charge in [0.15, 0.2) is 0 Å². The van der Waals surface area contributed by atoms with Gasteiger partial charge in [-0.3, -0.25) is 4.79 Å². The van der Waals surface area contributed by atoms with Gasteiger partial charge in [0.2, 0.25) is 0 Å². The largest absolute Gasteiger partial charge is 0.508 e. The summed E-state index contributed by atoms with van der Waals surface area (Å²) in [5.74, 6) is -1.47. The van der Waals surface area contributed by atoms with Crippen LogP contribution in [0.3, 0.4) is 0 Å². The van der Waals surface area contributed by atoms with E-state index in [1.807, 2.05) is 0 Å². The first-order valence-corrected chi connectivity index (χ1v) is 6.69. The standard InChI is InChI=1S/C15H21NO5/c1-4-15(2,21-3)14(20)16-12(13(18)19)9-10-5-7-11(17)8-6-10/h5-8,12,17H,4,9H2,1-3H3,(H,16,20)(H,18,19)/t12-,15?/m0/s1. The molecule has 116 valence electrons. The van der Waals surface area contributed by atoms with Crippen LogP contribution in [0.4, 0.5) is 0 Å². The molecule has 1 aromatic rings. The maximum absolute atomic E-state index is 12.1. The number of carbonyl (C=O) groups is 2. The highest BCUT2D eigenvalue weighted by Gasteiger charge is 2.34. The zero-order valence-electron chi connectivity index (χ0n) is 12.4. The van der Waals surface area contributed by atoms with Crippen molar-refractivity contribution in [3.63, 3.8) is 0 Å². The smallest absolute Gasteiger partial charge is 0.326 e. The Morgan fingerprint density at radius 3 is 2.33 bits per heavy atom. The second-order valence-electron chi connectivity index (χ2n) is 5.02. The third kappa shape index (κ3) is 4.46. The lowest BCUT2D eigenvalue weighted by molar-refractivity contribution is -0.148. The normalized spacial score (nSPS) is 15.0. The molecule has 0 saturated carbocycles. The van der Waals surface area contributed by atoms with Crippen molar-refractivity contribution in [2.24, 2.45) is 0 Å². The molecule has 1 rings (SSSR count). The molecule has 0 bridgehead atoms. The van der Waals surface area contributed by atoms with Gasteiger partial charge in [-0.1, -0.05) is 19.1 Å². The molecule has 6 nitrogen and oxygen atoms in total. The van der Waals surface area contributed by atoms with E-state index in [4.69, 9.17) is 4.74 Å². The Bertz CT molecular complexity index is 493. The second-order valence-corrected chi connectivity index (χ2v) is 5.02. The number of benzene rings is 1. The highest BCUT2D eigenvalue weighted by Crippen LogP contribution is 2.16. The number of carbonyl (C=O) groups excluding carboxylic acids is 1. The van der Waals surface area contributed by atoms with Crippen molar-refractivity contribution in [2.45, 2.75) is 38.3 Å². The van der Waals surface area contributed by atoms with E-state index in [-0.39, 0.29) is 12.2 Å². The van der Waals surface area contributed by atoms with Gasteiger partial charge >= 0.3 is 5.97 Å². The molecule has 1 aromatic carbocycles. The zero-order valence-corrected chi connectivity index (χ0v) is 12.4. The number of aromatic hydroxyl groups is 1. The summed E-state index contributed by atoms with van der Waals surface area (Å²) in [6.07, 6.45) is 0.561.